The third-order valence-corrected chi connectivity index (χ3v) is 3.36. The third kappa shape index (κ3) is 4.40. The number of benzene rings is 1. The van der Waals surface area contributed by atoms with Gasteiger partial charge in [-0.25, -0.2) is 4.79 Å². The van der Waals surface area contributed by atoms with Gasteiger partial charge in [-0.15, -0.1) is 12.4 Å². The molecule has 1 amide bonds. The summed E-state index contributed by atoms with van der Waals surface area (Å²) in [6, 6.07) is 9.98. The molecule has 0 spiro atoms. The molecule has 1 heterocycles. The number of rotatable bonds is 2. The van der Waals surface area contributed by atoms with Crippen molar-refractivity contribution in [2.45, 2.75) is 38.5 Å². The largest absolute Gasteiger partial charge is 0.445 e. The molecule has 2 N–H and O–H groups in total. The van der Waals surface area contributed by atoms with Gasteiger partial charge in [0, 0.05) is 18.6 Å². The van der Waals surface area contributed by atoms with Crippen molar-refractivity contribution in [2.75, 3.05) is 6.54 Å². The Morgan fingerprint density at radius 3 is 2.74 bits per heavy atom. The van der Waals surface area contributed by atoms with Crippen LogP contribution in [0.5, 0.6) is 0 Å². The second kappa shape index (κ2) is 7.36. The summed E-state index contributed by atoms with van der Waals surface area (Å²) < 4.78 is 5.32. The first kappa shape index (κ1) is 15.8. The predicted molar refractivity (Wildman–Crippen MR) is 77.3 cm³/mol. The summed E-state index contributed by atoms with van der Waals surface area (Å²) in [6.45, 7) is 2.95. The molecule has 2 atom stereocenters. The smallest absolute Gasteiger partial charge is 0.410 e. The second-order valence-corrected chi connectivity index (χ2v) is 4.88. The van der Waals surface area contributed by atoms with Gasteiger partial charge in [-0.05, 0) is 25.3 Å². The molecule has 1 saturated heterocycles. The summed E-state index contributed by atoms with van der Waals surface area (Å²) in [7, 11) is 0. The van der Waals surface area contributed by atoms with Crippen LogP contribution >= 0.6 is 12.4 Å². The van der Waals surface area contributed by atoms with Crippen LogP contribution in [0, 0.1) is 0 Å². The molecule has 1 fully saturated rings. The molecule has 0 aromatic heterocycles. The number of ether oxygens (including phenoxy) is 1. The van der Waals surface area contributed by atoms with Gasteiger partial charge in [0.05, 0.1) is 0 Å². The Labute approximate surface area is 120 Å². The number of nitrogens with two attached hydrogens (primary N) is 1. The lowest BCUT2D eigenvalue weighted by atomic mass is 10.0. The van der Waals surface area contributed by atoms with Crippen LogP contribution in [0.3, 0.4) is 0 Å². The summed E-state index contributed by atoms with van der Waals surface area (Å²) in [5.74, 6) is 0. The number of halogens is 1. The lowest BCUT2D eigenvalue weighted by molar-refractivity contribution is 0.0680. The lowest BCUT2D eigenvalue weighted by Gasteiger charge is -2.35. The zero-order chi connectivity index (χ0) is 13.0. The molecule has 0 unspecified atom stereocenters. The van der Waals surface area contributed by atoms with Gasteiger partial charge in [-0.3, -0.25) is 0 Å². The molecular weight excluding hydrogens is 264 g/mol. The number of nitrogens with zero attached hydrogens (tertiary/aromatic N) is 1. The zero-order valence-electron chi connectivity index (χ0n) is 11.1. The predicted octanol–water partition coefficient (Wildman–Crippen LogP) is 2.56. The summed E-state index contributed by atoms with van der Waals surface area (Å²) in [4.78, 5) is 13.7. The van der Waals surface area contributed by atoms with Crippen molar-refractivity contribution in [3.63, 3.8) is 0 Å². The molecule has 106 valence electrons. The minimum absolute atomic E-state index is 0. The van der Waals surface area contributed by atoms with E-state index < -0.39 is 0 Å². The highest BCUT2D eigenvalue weighted by molar-refractivity contribution is 5.85. The molecule has 0 radical (unpaired) electrons. The van der Waals surface area contributed by atoms with Gasteiger partial charge in [0.25, 0.3) is 0 Å². The van der Waals surface area contributed by atoms with E-state index in [2.05, 4.69) is 0 Å². The van der Waals surface area contributed by atoms with E-state index in [-0.39, 0.29) is 30.6 Å². The van der Waals surface area contributed by atoms with Crippen molar-refractivity contribution in [1.29, 1.82) is 0 Å². The van der Waals surface area contributed by atoms with Crippen molar-refractivity contribution >= 4 is 18.5 Å². The first-order chi connectivity index (χ1) is 8.66. The molecule has 1 aromatic rings. The van der Waals surface area contributed by atoms with E-state index in [0.29, 0.717) is 13.2 Å². The number of hydrogen-bond acceptors (Lipinski definition) is 3. The Hall–Kier alpha value is -1.26. The van der Waals surface area contributed by atoms with Crippen LogP contribution in [-0.4, -0.2) is 29.6 Å². The molecule has 2 rings (SSSR count). The fraction of sp³-hybridized carbons (Fsp3) is 0.500. The maximum atomic E-state index is 12.0. The molecule has 1 aliphatic rings. The van der Waals surface area contributed by atoms with Gasteiger partial charge in [-0.2, -0.15) is 0 Å². The minimum Gasteiger partial charge on any atom is -0.445 e. The zero-order valence-corrected chi connectivity index (χ0v) is 11.9. The van der Waals surface area contributed by atoms with Gasteiger partial charge in [0.2, 0.25) is 0 Å². The summed E-state index contributed by atoms with van der Waals surface area (Å²) in [6.07, 6.45) is 1.66. The van der Waals surface area contributed by atoms with Crippen LogP contribution < -0.4 is 5.73 Å². The molecule has 0 aliphatic carbocycles. The topological polar surface area (TPSA) is 55.6 Å². The first-order valence-corrected chi connectivity index (χ1v) is 6.39. The Morgan fingerprint density at radius 2 is 2.05 bits per heavy atom. The summed E-state index contributed by atoms with van der Waals surface area (Å²) >= 11 is 0. The molecule has 0 bridgehead atoms. The van der Waals surface area contributed by atoms with Gasteiger partial charge >= 0.3 is 6.09 Å². The third-order valence-electron chi connectivity index (χ3n) is 3.36. The molecular formula is C14H21ClN2O2. The van der Waals surface area contributed by atoms with E-state index in [0.717, 1.165) is 18.4 Å². The maximum Gasteiger partial charge on any atom is 0.410 e. The van der Waals surface area contributed by atoms with Gasteiger partial charge in [-0.1, -0.05) is 30.3 Å². The number of amides is 1. The van der Waals surface area contributed by atoms with Gasteiger partial charge in [0.15, 0.2) is 0 Å². The highest BCUT2D eigenvalue weighted by Crippen LogP contribution is 2.17. The number of piperidine rings is 1. The van der Waals surface area contributed by atoms with Crippen LogP contribution in [0.15, 0.2) is 30.3 Å². The van der Waals surface area contributed by atoms with Crippen molar-refractivity contribution in [2.24, 2.45) is 5.73 Å². The fourth-order valence-corrected chi connectivity index (χ4v) is 2.19. The van der Waals surface area contributed by atoms with E-state index in [1.807, 2.05) is 37.3 Å². The van der Waals surface area contributed by atoms with E-state index in [1.165, 1.54) is 0 Å². The number of likely N-dealkylation sites (tertiary alicyclic amines) is 1. The molecule has 0 saturated carbocycles. The van der Waals surface area contributed by atoms with E-state index in [4.69, 9.17) is 10.5 Å². The van der Waals surface area contributed by atoms with Crippen LogP contribution in [-0.2, 0) is 11.3 Å². The number of carbonyl (C=O) groups excluding carboxylic acids is 1. The quantitative estimate of drug-likeness (QED) is 0.908. The van der Waals surface area contributed by atoms with Crippen LogP contribution in [0.2, 0.25) is 0 Å². The van der Waals surface area contributed by atoms with E-state index in [1.54, 1.807) is 4.90 Å². The van der Waals surface area contributed by atoms with Gasteiger partial charge < -0.3 is 15.4 Å². The Balaban J connectivity index is 0.00000180. The summed E-state index contributed by atoms with van der Waals surface area (Å²) in [5, 5.41) is 0. The molecule has 19 heavy (non-hydrogen) atoms. The number of carbonyl (C=O) groups is 1. The summed E-state index contributed by atoms with van der Waals surface area (Å²) in [5.41, 5.74) is 6.88. The average molecular weight is 285 g/mol. The van der Waals surface area contributed by atoms with Crippen LogP contribution in [0.1, 0.15) is 25.3 Å². The highest BCUT2D eigenvalue weighted by Gasteiger charge is 2.28. The Bertz CT molecular complexity index is 400. The molecule has 1 aliphatic heterocycles. The van der Waals surface area contributed by atoms with E-state index in [9.17, 15) is 4.79 Å². The SMILES string of the molecule is C[C@H]1CC[C@@H](N)CN1C(=O)OCc1ccccc1.Cl. The molecule has 4 nitrogen and oxygen atoms in total. The maximum absolute atomic E-state index is 12.0. The van der Waals surface area contributed by atoms with Crippen molar-refractivity contribution < 1.29 is 9.53 Å². The number of hydrogen-bond donors (Lipinski definition) is 1. The Kier molecular flexibility index (Phi) is 6.12. The van der Waals surface area contributed by atoms with Crippen molar-refractivity contribution in [3.05, 3.63) is 35.9 Å². The lowest BCUT2D eigenvalue weighted by Crippen LogP contribution is -2.50. The van der Waals surface area contributed by atoms with Crippen molar-refractivity contribution in [3.8, 4) is 0 Å². The van der Waals surface area contributed by atoms with Crippen LogP contribution in [0.4, 0.5) is 4.79 Å². The van der Waals surface area contributed by atoms with E-state index >= 15 is 0 Å². The van der Waals surface area contributed by atoms with Crippen LogP contribution in [0.25, 0.3) is 0 Å². The first-order valence-electron chi connectivity index (χ1n) is 6.39. The fourth-order valence-electron chi connectivity index (χ4n) is 2.19. The highest BCUT2D eigenvalue weighted by atomic mass is 35.5. The second-order valence-electron chi connectivity index (χ2n) is 4.88. The standard InChI is InChI=1S/C14H20N2O2.ClH/c1-11-7-8-13(15)9-16(11)14(17)18-10-12-5-3-2-4-6-12;/h2-6,11,13H,7-10,15H2,1H3;1H/t11-,13+;/m0./s1. The van der Waals surface area contributed by atoms with Gasteiger partial charge in [0.1, 0.15) is 6.61 Å². The molecule has 5 heteroatoms. The normalized spacial score (nSPS) is 22.5. The van der Waals surface area contributed by atoms with Crippen molar-refractivity contribution in [1.82, 2.24) is 4.90 Å². The monoisotopic (exact) mass is 284 g/mol. The molecule has 1 aromatic carbocycles. The Morgan fingerprint density at radius 1 is 1.37 bits per heavy atom. The average Bonchev–Trinajstić information content (AvgIpc) is 2.40. The minimum atomic E-state index is -0.262.